The molecule has 0 aliphatic carbocycles. The highest BCUT2D eigenvalue weighted by Gasteiger charge is 1.96. The quantitative estimate of drug-likeness (QED) is 0.466. The zero-order valence-corrected chi connectivity index (χ0v) is 4.58. The standard InChI is InChI=1S/C3H7O2Si/c1-2-6(5)3-4/h2,4,6H,1,3H2. The first-order chi connectivity index (χ1) is 2.81. The summed E-state index contributed by atoms with van der Waals surface area (Å²) in [5.74, 6) is 0. The van der Waals surface area contributed by atoms with E-state index in [0.717, 1.165) is 0 Å². The number of hydrogen-bond acceptors (Lipinski definition) is 1. The molecule has 0 saturated heterocycles. The van der Waals surface area contributed by atoms with Gasteiger partial charge in [0, 0.05) is 0 Å². The van der Waals surface area contributed by atoms with Crippen LogP contribution >= 0.6 is 0 Å². The maximum Gasteiger partial charge on any atom is 0.270 e. The summed E-state index contributed by atoms with van der Waals surface area (Å²) in [7, 11) is -2.09. The van der Waals surface area contributed by atoms with E-state index in [-0.39, 0.29) is 6.23 Å². The topological polar surface area (TPSA) is 40.1 Å². The molecule has 1 radical (unpaired) electrons. The van der Waals surface area contributed by atoms with Crippen LogP contribution in [-0.4, -0.2) is 20.4 Å². The van der Waals surface area contributed by atoms with E-state index in [4.69, 9.17) is 5.11 Å². The van der Waals surface area contributed by atoms with E-state index in [0.29, 0.717) is 0 Å². The van der Waals surface area contributed by atoms with Gasteiger partial charge in [0.1, 0.15) is 0 Å². The molecule has 0 fully saturated rings. The van der Waals surface area contributed by atoms with E-state index in [1.807, 2.05) is 0 Å². The molecule has 0 rings (SSSR count). The molecular formula is C3H7O2Si. The highest BCUT2D eigenvalue weighted by molar-refractivity contribution is 6.55. The second-order valence-corrected chi connectivity index (χ2v) is 2.87. The zero-order chi connectivity index (χ0) is 4.99. The van der Waals surface area contributed by atoms with Crippen LogP contribution in [0.3, 0.4) is 0 Å². The van der Waals surface area contributed by atoms with Crippen molar-refractivity contribution in [1.82, 2.24) is 0 Å². The molecule has 0 amide bonds. The van der Waals surface area contributed by atoms with Crippen molar-refractivity contribution in [3.63, 3.8) is 0 Å². The molecule has 0 spiro atoms. The van der Waals surface area contributed by atoms with Crippen molar-refractivity contribution < 1.29 is 9.90 Å². The fourth-order valence-electron chi connectivity index (χ4n) is 0.0745. The van der Waals surface area contributed by atoms with Gasteiger partial charge in [-0.05, 0) is 0 Å². The van der Waals surface area contributed by atoms with Crippen LogP contribution < -0.4 is 0 Å². The Morgan fingerprint density at radius 1 is 2.00 bits per heavy atom. The third kappa shape index (κ3) is 2.13. The van der Waals surface area contributed by atoms with Gasteiger partial charge >= 0.3 is 0 Å². The third-order valence-electron chi connectivity index (χ3n) is 0.443. The van der Waals surface area contributed by atoms with E-state index in [9.17, 15) is 4.80 Å². The number of aliphatic hydroxyl groups is 1. The van der Waals surface area contributed by atoms with Gasteiger partial charge in [0.25, 0.3) is 9.04 Å². The van der Waals surface area contributed by atoms with Crippen molar-refractivity contribution in [2.24, 2.45) is 0 Å². The molecule has 1 N–H and O–H groups in total. The van der Waals surface area contributed by atoms with Crippen molar-refractivity contribution >= 4 is 9.04 Å². The monoisotopic (exact) mass is 103 g/mol. The summed E-state index contributed by atoms with van der Waals surface area (Å²) < 4.78 is 0. The lowest BCUT2D eigenvalue weighted by Gasteiger charge is -1.85. The summed E-state index contributed by atoms with van der Waals surface area (Å²) in [5, 5.41) is 8.01. The summed E-state index contributed by atoms with van der Waals surface area (Å²) in [5.41, 5.74) is 1.31. The van der Waals surface area contributed by atoms with Crippen molar-refractivity contribution in [1.29, 1.82) is 0 Å². The van der Waals surface area contributed by atoms with Crippen LogP contribution in [0.15, 0.2) is 12.3 Å². The summed E-state index contributed by atoms with van der Waals surface area (Å²) in [6, 6.07) is 0. The second kappa shape index (κ2) is 3.08. The average molecular weight is 103 g/mol. The van der Waals surface area contributed by atoms with Gasteiger partial charge in [0.15, 0.2) is 0 Å². The summed E-state index contributed by atoms with van der Waals surface area (Å²) >= 11 is 0. The molecule has 0 heterocycles. The first-order valence-electron chi connectivity index (χ1n) is 1.70. The van der Waals surface area contributed by atoms with Crippen LogP contribution in [0.25, 0.3) is 0 Å². The van der Waals surface area contributed by atoms with E-state index in [1.54, 1.807) is 0 Å². The Morgan fingerprint density at radius 2 is 2.50 bits per heavy atom. The molecule has 0 aromatic heterocycles. The highest BCUT2D eigenvalue weighted by atomic mass is 28.3. The Bertz CT molecular complexity index is 46.1. The van der Waals surface area contributed by atoms with Gasteiger partial charge in [-0.1, -0.05) is 5.70 Å². The van der Waals surface area contributed by atoms with Crippen LogP contribution in [0.2, 0.25) is 0 Å². The van der Waals surface area contributed by atoms with E-state index in [1.165, 1.54) is 5.70 Å². The van der Waals surface area contributed by atoms with Crippen molar-refractivity contribution in [2.45, 2.75) is 0 Å². The molecule has 3 heteroatoms. The number of aliphatic hydroxyl groups excluding tert-OH is 1. The first-order valence-corrected chi connectivity index (χ1v) is 3.66. The second-order valence-electron chi connectivity index (χ2n) is 0.957. The molecule has 0 aliphatic rings. The maximum absolute atomic E-state index is 10.0. The molecule has 0 aliphatic heterocycles. The zero-order valence-electron chi connectivity index (χ0n) is 3.42. The molecule has 1 unspecified atom stereocenters. The predicted octanol–water partition coefficient (Wildman–Crippen LogP) is -0.603. The van der Waals surface area contributed by atoms with Gasteiger partial charge < -0.3 is 5.11 Å². The van der Waals surface area contributed by atoms with E-state index >= 15 is 0 Å². The summed E-state index contributed by atoms with van der Waals surface area (Å²) in [6.07, 6.45) is -0.205. The lowest BCUT2D eigenvalue weighted by atomic mass is 11.3. The lowest BCUT2D eigenvalue weighted by Crippen LogP contribution is -2.11. The SMILES string of the molecule is C=C[SiH]([O])CO. The minimum Gasteiger partial charge on any atom is -0.397 e. The normalized spacial score (nSPS) is 13.7. The molecule has 1 atom stereocenters. The van der Waals surface area contributed by atoms with Crippen molar-refractivity contribution in [3.05, 3.63) is 12.3 Å². The fourth-order valence-corrected chi connectivity index (χ4v) is 0.224. The Labute approximate surface area is 38.5 Å². The van der Waals surface area contributed by atoms with Crippen LogP contribution in [0.4, 0.5) is 0 Å². The molecule has 6 heavy (non-hydrogen) atoms. The maximum atomic E-state index is 10.0. The Balaban J connectivity index is 2.96. The Hall–Kier alpha value is -0.123. The molecule has 0 aromatic carbocycles. The Kier molecular flexibility index (Phi) is 3.02. The lowest BCUT2D eigenvalue weighted by molar-refractivity contribution is 0.324. The van der Waals surface area contributed by atoms with Crippen molar-refractivity contribution in [3.8, 4) is 0 Å². The van der Waals surface area contributed by atoms with Gasteiger partial charge in [-0.25, -0.2) is 0 Å². The van der Waals surface area contributed by atoms with Gasteiger partial charge in [-0.15, -0.1) is 6.58 Å². The molecule has 2 nitrogen and oxygen atoms in total. The largest absolute Gasteiger partial charge is 0.397 e. The van der Waals surface area contributed by atoms with Gasteiger partial charge in [-0.2, -0.15) is 0 Å². The molecule has 35 valence electrons. The fraction of sp³-hybridized carbons (Fsp3) is 0.333. The average Bonchev–Trinajstić information content (AvgIpc) is 1.65. The third-order valence-corrected chi connectivity index (χ3v) is 1.33. The van der Waals surface area contributed by atoms with Crippen LogP contribution in [0, 0.1) is 0 Å². The highest BCUT2D eigenvalue weighted by Crippen LogP contribution is 1.70. The van der Waals surface area contributed by atoms with Crippen molar-refractivity contribution in [2.75, 3.05) is 6.23 Å². The molecule has 0 saturated carbocycles. The van der Waals surface area contributed by atoms with E-state index < -0.39 is 9.04 Å². The molecular weight excluding hydrogens is 96.1 g/mol. The predicted molar refractivity (Wildman–Crippen MR) is 25.1 cm³/mol. The number of rotatable bonds is 2. The van der Waals surface area contributed by atoms with Crippen LogP contribution in [-0.2, 0) is 4.80 Å². The molecule has 0 bridgehead atoms. The summed E-state index contributed by atoms with van der Waals surface area (Å²) in [6.45, 7) is 3.22. The minimum atomic E-state index is -2.09. The van der Waals surface area contributed by atoms with E-state index in [2.05, 4.69) is 6.58 Å². The smallest absolute Gasteiger partial charge is 0.270 e. The molecule has 0 aromatic rings. The van der Waals surface area contributed by atoms with Crippen LogP contribution in [0.1, 0.15) is 0 Å². The van der Waals surface area contributed by atoms with Gasteiger partial charge in [0.2, 0.25) is 0 Å². The van der Waals surface area contributed by atoms with Gasteiger partial charge in [0.05, 0.1) is 6.23 Å². The Morgan fingerprint density at radius 3 is 2.50 bits per heavy atom. The van der Waals surface area contributed by atoms with Gasteiger partial charge in [-0.3, -0.25) is 4.80 Å². The minimum absolute atomic E-state index is 0.205. The summed E-state index contributed by atoms with van der Waals surface area (Å²) in [4.78, 5) is 10.0. The number of hydrogen-bond donors (Lipinski definition) is 1. The first kappa shape index (κ1) is 5.88. The van der Waals surface area contributed by atoms with Crippen LogP contribution in [0.5, 0.6) is 0 Å².